The second kappa shape index (κ2) is 5.88. The van der Waals surface area contributed by atoms with Gasteiger partial charge in [-0.3, -0.25) is 0 Å². The van der Waals surface area contributed by atoms with Crippen LogP contribution in [-0.4, -0.2) is 20.6 Å². The number of hydrogen-bond acceptors (Lipinski definition) is 2. The minimum absolute atomic E-state index is 0.256. The highest BCUT2D eigenvalue weighted by molar-refractivity contribution is 6.01. The summed E-state index contributed by atoms with van der Waals surface area (Å²) in [6, 6.07) is 5.59. The molecule has 0 radical (unpaired) electrons. The molecule has 1 atom stereocenters. The van der Waals surface area contributed by atoms with Crippen molar-refractivity contribution in [1.82, 2.24) is 9.55 Å². The van der Waals surface area contributed by atoms with Gasteiger partial charge in [-0.25, -0.2) is 9.78 Å². The maximum absolute atomic E-state index is 11.6. The van der Waals surface area contributed by atoms with Crippen molar-refractivity contribution in [3.05, 3.63) is 29.6 Å². The Morgan fingerprint density at radius 1 is 1.29 bits per heavy atom. The molecule has 0 saturated carbocycles. The van der Waals surface area contributed by atoms with Crippen LogP contribution >= 0.6 is 0 Å². The Morgan fingerprint density at radius 3 is 2.43 bits per heavy atom. The van der Waals surface area contributed by atoms with Crippen LogP contribution in [0.15, 0.2) is 18.2 Å². The van der Waals surface area contributed by atoms with E-state index in [2.05, 4.69) is 39.2 Å². The first-order chi connectivity index (χ1) is 9.88. The zero-order valence-corrected chi connectivity index (χ0v) is 13.4. The highest BCUT2D eigenvalue weighted by Crippen LogP contribution is 2.33. The molecule has 0 bridgehead atoms. The minimum atomic E-state index is -0.893. The SMILES string of the molecule is CCC(C(C)C)n1c(C(C)C)nc2cccc(C(=O)O)c21. The molecular weight excluding hydrogens is 264 g/mol. The summed E-state index contributed by atoms with van der Waals surface area (Å²) < 4.78 is 2.16. The summed E-state index contributed by atoms with van der Waals surface area (Å²) in [4.78, 5) is 16.3. The van der Waals surface area contributed by atoms with Gasteiger partial charge in [0, 0.05) is 12.0 Å². The van der Waals surface area contributed by atoms with E-state index in [1.54, 1.807) is 12.1 Å². The summed E-state index contributed by atoms with van der Waals surface area (Å²) in [5.41, 5.74) is 1.87. The maximum Gasteiger partial charge on any atom is 0.337 e. The molecule has 21 heavy (non-hydrogen) atoms. The van der Waals surface area contributed by atoms with Crippen LogP contribution in [0.4, 0.5) is 0 Å². The molecule has 0 aliphatic carbocycles. The molecule has 1 aromatic carbocycles. The summed E-state index contributed by atoms with van der Waals surface area (Å²) >= 11 is 0. The number of para-hydroxylation sites is 1. The Hall–Kier alpha value is -1.84. The lowest BCUT2D eigenvalue weighted by atomic mass is 10.00. The molecule has 2 aromatic rings. The maximum atomic E-state index is 11.6. The molecule has 1 N–H and O–H groups in total. The number of benzene rings is 1. The smallest absolute Gasteiger partial charge is 0.337 e. The Bertz CT molecular complexity index is 656. The molecule has 1 aromatic heterocycles. The molecule has 1 unspecified atom stereocenters. The number of fused-ring (bicyclic) bond motifs is 1. The van der Waals surface area contributed by atoms with Crippen molar-refractivity contribution in [3.8, 4) is 0 Å². The molecule has 2 rings (SSSR count). The van der Waals surface area contributed by atoms with Crippen LogP contribution in [0.2, 0.25) is 0 Å². The molecule has 0 aliphatic heterocycles. The highest BCUT2D eigenvalue weighted by Gasteiger charge is 2.25. The molecular formula is C17H24N2O2. The van der Waals surface area contributed by atoms with E-state index in [9.17, 15) is 9.90 Å². The van der Waals surface area contributed by atoms with Crippen molar-refractivity contribution in [3.63, 3.8) is 0 Å². The van der Waals surface area contributed by atoms with Gasteiger partial charge in [0.05, 0.1) is 16.6 Å². The van der Waals surface area contributed by atoms with Gasteiger partial charge in [0.25, 0.3) is 0 Å². The molecule has 0 spiro atoms. The molecule has 0 fully saturated rings. The van der Waals surface area contributed by atoms with Gasteiger partial charge in [-0.2, -0.15) is 0 Å². The minimum Gasteiger partial charge on any atom is -0.478 e. The van der Waals surface area contributed by atoms with Gasteiger partial charge in [0.1, 0.15) is 5.82 Å². The van der Waals surface area contributed by atoms with Crippen molar-refractivity contribution in [2.75, 3.05) is 0 Å². The number of aromatic carboxylic acids is 1. The van der Waals surface area contributed by atoms with E-state index >= 15 is 0 Å². The molecule has 0 aliphatic rings. The quantitative estimate of drug-likeness (QED) is 0.883. The molecule has 1 heterocycles. The monoisotopic (exact) mass is 288 g/mol. The van der Waals surface area contributed by atoms with E-state index in [-0.39, 0.29) is 12.0 Å². The first kappa shape index (κ1) is 15.5. The Balaban J connectivity index is 2.86. The number of imidazole rings is 1. The van der Waals surface area contributed by atoms with E-state index in [1.165, 1.54) is 0 Å². The average molecular weight is 288 g/mol. The van der Waals surface area contributed by atoms with E-state index in [4.69, 9.17) is 4.98 Å². The van der Waals surface area contributed by atoms with Crippen LogP contribution in [0.5, 0.6) is 0 Å². The zero-order valence-electron chi connectivity index (χ0n) is 13.4. The molecule has 4 heteroatoms. The van der Waals surface area contributed by atoms with Crippen molar-refractivity contribution >= 4 is 17.0 Å². The summed E-state index contributed by atoms with van der Waals surface area (Å²) in [6.45, 7) is 10.7. The van der Waals surface area contributed by atoms with Crippen LogP contribution in [-0.2, 0) is 0 Å². The lowest BCUT2D eigenvalue weighted by Gasteiger charge is -2.25. The van der Waals surface area contributed by atoms with Crippen molar-refractivity contribution < 1.29 is 9.90 Å². The van der Waals surface area contributed by atoms with E-state index in [0.29, 0.717) is 11.5 Å². The number of rotatable bonds is 5. The molecule has 114 valence electrons. The average Bonchev–Trinajstić information content (AvgIpc) is 2.78. The fraction of sp³-hybridized carbons (Fsp3) is 0.529. The number of carboxylic acids is 1. The van der Waals surface area contributed by atoms with Crippen molar-refractivity contribution in [2.45, 2.75) is 53.0 Å². The highest BCUT2D eigenvalue weighted by atomic mass is 16.4. The predicted octanol–water partition coefficient (Wildman–Crippen LogP) is 4.47. The standard InChI is InChI=1S/C17H24N2O2/c1-6-14(10(2)3)19-15-12(17(20)21)8-7-9-13(15)18-16(19)11(4)5/h7-11,14H,6H2,1-5H3,(H,20,21). The normalized spacial score (nSPS) is 13.3. The lowest BCUT2D eigenvalue weighted by Crippen LogP contribution is -2.19. The Morgan fingerprint density at radius 2 is 1.95 bits per heavy atom. The van der Waals surface area contributed by atoms with Gasteiger partial charge in [-0.15, -0.1) is 0 Å². The van der Waals surface area contributed by atoms with Crippen LogP contribution in [0.3, 0.4) is 0 Å². The number of carboxylic acid groups (broad SMARTS) is 1. The fourth-order valence-electron chi connectivity index (χ4n) is 3.03. The second-order valence-corrected chi connectivity index (χ2v) is 6.19. The largest absolute Gasteiger partial charge is 0.478 e. The first-order valence-electron chi connectivity index (χ1n) is 7.62. The third-order valence-corrected chi connectivity index (χ3v) is 4.00. The van der Waals surface area contributed by atoms with E-state index in [0.717, 1.165) is 23.3 Å². The topological polar surface area (TPSA) is 55.1 Å². The zero-order chi connectivity index (χ0) is 15.7. The van der Waals surface area contributed by atoms with Gasteiger partial charge < -0.3 is 9.67 Å². The van der Waals surface area contributed by atoms with Gasteiger partial charge in [0.15, 0.2) is 0 Å². The third-order valence-electron chi connectivity index (χ3n) is 4.00. The van der Waals surface area contributed by atoms with Crippen molar-refractivity contribution in [2.24, 2.45) is 5.92 Å². The lowest BCUT2D eigenvalue weighted by molar-refractivity contribution is 0.0698. The third kappa shape index (κ3) is 2.67. The van der Waals surface area contributed by atoms with Crippen LogP contribution in [0.25, 0.3) is 11.0 Å². The molecule has 0 saturated heterocycles. The van der Waals surface area contributed by atoms with E-state index in [1.807, 2.05) is 6.07 Å². The van der Waals surface area contributed by atoms with Gasteiger partial charge in [0.2, 0.25) is 0 Å². The molecule has 4 nitrogen and oxygen atoms in total. The predicted molar refractivity (Wildman–Crippen MR) is 84.9 cm³/mol. The van der Waals surface area contributed by atoms with Crippen LogP contribution < -0.4 is 0 Å². The number of nitrogens with zero attached hydrogens (tertiary/aromatic N) is 2. The summed E-state index contributed by atoms with van der Waals surface area (Å²) in [6.07, 6.45) is 0.955. The number of carbonyl (C=O) groups is 1. The molecule has 0 amide bonds. The van der Waals surface area contributed by atoms with Crippen LogP contribution in [0.1, 0.15) is 69.2 Å². The van der Waals surface area contributed by atoms with Crippen molar-refractivity contribution in [1.29, 1.82) is 0 Å². The Kier molecular flexibility index (Phi) is 4.35. The summed E-state index contributed by atoms with van der Waals surface area (Å²) in [5, 5.41) is 9.51. The van der Waals surface area contributed by atoms with Gasteiger partial charge >= 0.3 is 5.97 Å². The fourth-order valence-corrected chi connectivity index (χ4v) is 3.03. The number of hydrogen-bond donors (Lipinski definition) is 1. The second-order valence-electron chi connectivity index (χ2n) is 6.19. The number of aromatic nitrogens is 2. The van der Waals surface area contributed by atoms with Crippen LogP contribution in [0, 0.1) is 5.92 Å². The summed E-state index contributed by atoms with van der Waals surface area (Å²) in [7, 11) is 0. The van der Waals surface area contributed by atoms with E-state index < -0.39 is 5.97 Å². The Labute approximate surface area is 125 Å². The summed E-state index contributed by atoms with van der Waals surface area (Å²) in [5.74, 6) is 0.758. The van der Waals surface area contributed by atoms with Gasteiger partial charge in [-0.05, 0) is 24.5 Å². The first-order valence-corrected chi connectivity index (χ1v) is 7.62. The van der Waals surface area contributed by atoms with Gasteiger partial charge in [-0.1, -0.05) is 40.7 Å².